The fourth-order valence-corrected chi connectivity index (χ4v) is 4.28. The van der Waals surface area contributed by atoms with Gasteiger partial charge in [-0.15, -0.1) is 0 Å². The van der Waals surface area contributed by atoms with Gasteiger partial charge in [-0.3, -0.25) is 4.79 Å². The van der Waals surface area contributed by atoms with Crippen molar-refractivity contribution in [2.75, 3.05) is 0 Å². The number of carbonyl (C=O) groups is 1. The molecule has 1 N–H and O–H groups in total. The number of hydrogen-bond donors (Lipinski definition) is 1. The monoisotopic (exact) mass is 372 g/mol. The lowest BCUT2D eigenvalue weighted by Gasteiger charge is -2.17. The maximum Gasteiger partial charge on any atom is 0.268 e. The van der Waals surface area contributed by atoms with Gasteiger partial charge in [0.15, 0.2) is 0 Å². The van der Waals surface area contributed by atoms with E-state index in [1.165, 1.54) is 35.2 Å². The summed E-state index contributed by atoms with van der Waals surface area (Å²) in [4.78, 5) is 13.2. The molecule has 3 heteroatoms. The van der Waals surface area contributed by atoms with E-state index in [1.54, 1.807) is 0 Å². The number of carbonyl (C=O) groups excluding carboxylic acids is 1. The van der Waals surface area contributed by atoms with E-state index in [-0.39, 0.29) is 5.91 Å². The van der Waals surface area contributed by atoms with Gasteiger partial charge in [0.05, 0.1) is 0 Å². The molecule has 0 saturated heterocycles. The number of amides is 1. The smallest absolute Gasteiger partial charge is 0.268 e. The lowest BCUT2D eigenvalue weighted by Crippen LogP contribution is -2.27. The summed E-state index contributed by atoms with van der Waals surface area (Å²) in [6.07, 6.45) is 4.57. The maximum absolute atomic E-state index is 13.2. The van der Waals surface area contributed by atoms with Gasteiger partial charge in [-0.1, -0.05) is 60.2 Å². The number of nitrogens with one attached hydrogen (secondary N) is 1. The van der Waals surface area contributed by atoms with Gasteiger partial charge in [-0.25, -0.2) is 0 Å². The number of aryl methyl sites for hydroxylation is 1. The summed E-state index contributed by atoms with van der Waals surface area (Å²) in [6.45, 7) is 5.53. The molecule has 1 aromatic heterocycles. The summed E-state index contributed by atoms with van der Waals surface area (Å²) >= 11 is 0. The molecule has 1 amide bonds. The first-order valence-electron chi connectivity index (χ1n) is 10.2. The van der Waals surface area contributed by atoms with Crippen molar-refractivity contribution in [3.05, 3.63) is 93.8 Å². The van der Waals surface area contributed by atoms with Crippen LogP contribution < -0.4 is 5.32 Å². The Morgan fingerprint density at radius 3 is 2.39 bits per heavy atom. The van der Waals surface area contributed by atoms with Gasteiger partial charge in [0, 0.05) is 18.8 Å². The minimum Gasteiger partial charge on any atom is -0.347 e. The van der Waals surface area contributed by atoms with Gasteiger partial charge in [0.2, 0.25) is 0 Å². The highest BCUT2D eigenvalue weighted by Gasteiger charge is 2.26. The molecule has 1 aliphatic carbocycles. The van der Waals surface area contributed by atoms with E-state index in [0.717, 1.165) is 36.2 Å². The molecule has 0 fully saturated rings. The van der Waals surface area contributed by atoms with E-state index in [4.69, 9.17) is 0 Å². The molecule has 3 aromatic rings. The van der Waals surface area contributed by atoms with Crippen LogP contribution in [0, 0.1) is 13.8 Å². The fourth-order valence-electron chi connectivity index (χ4n) is 4.28. The van der Waals surface area contributed by atoms with Gasteiger partial charge in [-0.05, 0) is 61.8 Å². The first-order chi connectivity index (χ1) is 13.6. The van der Waals surface area contributed by atoms with Crippen LogP contribution in [0.2, 0.25) is 0 Å². The summed E-state index contributed by atoms with van der Waals surface area (Å²) in [5.41, 5.74) is 8.37. The van der Waals surface area contributed by atoms with E-state index in [0.29, 0.717) is 6.54 Å². The second-order valence-corrected chi connectivity index (χ2v) is 7.85. The Morgan fingerprint density at radius 2 is 1.64 bits per heavy atom. The Labute approximate surface area is 167 Å². The molecule has 2 aromatic carbocycles. The second kappa shape index (κ2) is 8.05. The molecule has 0 aliphatic heterocycles. The van der Waals surface area contributed by atoms with E-state index in [2.05, 4.69) is 48.0 Å². The molecule has 0 radical (unpaired) electrons. The van der Waals surface area contributed by atoms with Crippen molar-refractivity contribution in [1.82, 2.24) is 9.88 Å². The van der Waals surface area contributed by atoms with Gasteiger partial charge >= 0.3 is 0 Å². The van der Waals surface area contributed by atoms with Crippen molar-refractivity contribution in [2.24, 2.45) is 0 Å². The SMILES string of the molecule is Cc1ccc(Cn2c3c(c(C)c2C(=O)NCc2ccccc2)CCCC3)cc1. The molecule has 28 heavy (non-hydrogen) atoms. The third kappa shape index (κ3) is 3.75. The minimum atomic E-state index is 0.0304. The number of benzene rings is 2. The highest BCUT2D eigenvalue weighted by molar-refractivity contribution is 5.95. The van der Waals surface area contributed by atoms with Crippen LogP contribution in [0.25, 0.3) is 0 Å². The third-order valence-corrected chi connectivity index (χ3v) is 5.81. The topological polar surface area (TPSA) is 34.0 Å². The number of nitrogens with zero attached hydrogens (tertiary/aromatic N) is 1. The molecule has 144 valence electrons. The first-order valence-corrected chi connectivity index (χ1v) is 10.2. The first kappa shape index (κ1) is 18.5. The molecular weight excluding hydrogens is 344 g/mol. The average Bonchev–Trinajstić information content (AvgIpc) is 3.01. The van der Waals surface area contributed by atoms with Crippen molar-refractivity contribution in [2.45, 2.75) is 52.6 Å². The van der Waals surface area contributed by atoms with Crippen LogP contribution in [0.15, 0.2) is 54.6 Å². The van der Waals surface area contributed by atoms with Crippen LogP contribution >= 0.6 is 0 Å². The molecule has 0 atom stereocenters. The lowest BCUT2D eigenvalue weighted by molar-refractivity contribution is 0.0941. The van der Waals surface area contributed by atoms with Crippen molar-refractivity contribution in [1.29, 1.82) is 0 Å². The Kier molecular flexibility index (Phi) is 5.34. The highest BCUT2D eigenvalue weighted by Crippen LogP contribution is 2.30. The molecule has 1 heterocycles. The van der Waals surface area contributed by atoms with Crippen LogP contribution in [-0.4, -0.2) is 10.5 Å². The summed E-state index contributed by atoms with van der Waals surface area (Å²) in [5.74, 6) is 0.0304. The van der Waals surface area contributed by atoms with Gasteiger partial charge < -0.3 is 9.88 Å². The van der Waals surface area contributed by atoms with Crippen molar-refractivity contribution < 1.29 is 4.79 Å². The predicted octanol–water partition coefficient (Wildman–Crippen LogP) is 4.96. The van der Waals surface area contributed by atoms with Crippen LogP contribution in [0.1, 0.15) is 56.8 Å². The molecule has 4 rings (SSSR count). The Balaban J connectivity index is 1.65. The summed E-state index contributed by atoms with van der Waals surface area (Å²) in [6, 6.07) is 18.7. The molecule has 0 bridgehead atoms. The zero-order chi connectivity index (χ0) is 19.5. The molecule has 1 aliphatic rings. The molecular formula is C25H28N2O. The Bertz CT molecular complexity index is 968. The third-order valence-electron chi connectivity index (χ3n) is 5.81. The minimum absolute atomic E-state index is 0.0304. The van der Waals surface area contributed by atoms with Gasteiger partial charge in [0.1, 0.15) is 5.69 Å². The van der Waals surface area contributed by atoms with Crippen LogP contribution in [-0.2, 0) is 25.9 Å². The second-order valence-electron chi connectivity index (χ2n) is 7.85. The molecule has 0 saturated carbocycles. The van der Waals surface area contributed by atoms with Gasteiger partial charge in [-0.2, -0.15) is 0 Å². The zero-order valence-electron chi connectivity index (χ0n) is 16.8. The van der Waals surface area contributed by atoms with Crippen LogP contribution in [0.3, 0.4) is 0 Å². The number of hydrogen-bond acceptors (Lipinski definition) is 1. The summed E-state index contributed by atoms with van der Waals surface area (Å²) < 4.78 is 2.27. The maximum atomic E-state index is 13.2. The van der Waals surface area contributed by atoms with Gasteiger partial charge in [0.25, 0.3) is 5.91 Å². The van der Waals surface area contributed by atoms with E-state index in [9.17, 15) is 4.79 Å². The molecule has 0 spiro atoms. The van der Waals surface area contributed by atoms with Crippen molar-refractivity contribution in [3.8, 4) is 0 Å². The normalized spacial score (nSPS) is 13.2. The van der Waals surface area contributed by atoms with Crippen LogP contribution in [0.4, 0.5) is 0 Å². The molecule has 3 nitrogen and oxygen atoms in total. The Hall–Kier alpha value is -2.81. The van der Waals surface area contributed by atoms with Crippen molar-refractivity contribution >= 4 is 5.91 Å². The quantitative estimate of drug-likeness (QED) is 0.675. The number of fused-ring (bicyclic) bond motifs is 1. The zero-order valence-corrected chi connectivity index (χ0v) is 16.8. The lowest BCUT2D eigenvalue weighted by atomic mass is 9.95. The molecule has 0 unspecified atom stereocenters. The van der Waals surface area contributed by atoms with E-state index in [1.807, 2.05) is 30.3 Å². The standard InChI is InChI=1S/C25H28N2O/c1-18-12-14-21(15-13-18)17-27-23-11-7-6-10-22(23)19(2)24(27)25(28)26-16-20-8-4-3-5-9-20/h3-5,8-9,12-15H,6-7,10-11,16-17H2,1-2H3,(H,26,28). The largest absolute Gasteiger partial charge is 0.347 e. The van der Waals surface area contributed by atoms with E-state index < -0.39 is 0 Å². The highest BCUT2D eigenvalue weighted by atomic mass is 16.1. The van der Waals surface area contributed by atoms with Crippen molar-refractivity contribution in [3.63, 3.8) is 0 Å². The number of rotatable bonds is 5. The predicted molar refractivity (Wildman–Crippen MR) is 114 cm³/mol. The summed E-state index contributed by atoms with van der Waals surface area (Å²) in [5, 5.41) is 3.14. The summed E-state index contributed by atoms with van der Waals surface area (Å²) in [7, 11) is 0. The number of aromatic nitrogens is 1. The Morgan fingerprint density at radius 1 is 0.929 bits per heavy atom. The average molecular weight is 373 g/mol. The fraction of sp³-hybridized carbons (Fsp3) is 0.320. The van der Waals surface area contributed by atoms with Crippen LogP contribution in [0.5, 0.6) is 0 Å². The van der Waals surface area contributed by atoms with E-state index >= 15 is 0 Å².